The molecule has 0 heterocycles. The molecule has 3 heteroatoms. The van der Waals surface area contributed by atoms with E-state index in [2.05, 4.69) is 0 Å². The van der Waals surface area contributed by atoms with Crippen molar-refractivity contribution < 1.29 is 9.53 Å². The van der Waals surface area contributed by atoms with Crippen molar-refractivity contribution in [1.82, 2.24) is 0 Å². The summed E-state index contributed by atoms with van der Waals surface area (Å²) in [6, 6.07) is 19.1. The van der Waals surface area contributed by atoms with Gasteiger partial charge in [0.2, 0.25) is 0 Å². The highest BCUT2D eigenvalue weighted by Crippen LogP contribution is 2.30. The quantitative estimate of drug-likeness (QED) is 0.770. The largest absolute Gasteiger partial charge is 0.452 e. The molecule has 0 bridgehead atoms. The van der Waals surface area contributed by atoms with Gasteiger partial charge in [-0.25, -0.2) is 0 Å². The molecule has 0 spiro atoms. The molecule has 0 aliphatic carbocycles. The van der Waals surface area contributed by atoms with Crippen LogP contribution in [0.25, 0.3) is 6.08 Å². The Kier molecular flexibility index (Phi) is 4.97. The number of esters is 1. The van der Waals surface area contributed by atoms with Crippen molar-refractivity contribution in [3.8, 4) is 0 Å². The zero-order valence-electron chi connectivity index (χ0n) is 11.1. The average molecular weight is 287 g/mol. The van der Waals surface area contributed by atoms with Crippen molar-refractivity contribution in [2.24, 2.45) is 0 Å². The second kappa shape index (κ2) is 6.92. The molecule has 0 aliphatic rings. The van der Waals surface area contributed by atoms with Crippen LogP contribution in [0.2, 0.25) is 0 Å². The van der Waals surface area contributed by atoms with Crippen LogP contribution in [-0.2, 0) is 9.53 Å². The van der Waals surface area contributed by atoms with Crippen molar-refractivity contribution >= 4 is 23.6 Å². The number of carbonyl (C=O) groups excluding carboxylic acids is 1. The second-order valence-corrected chi connectivity index (χ2v) is 4.78. The lowest BCUT2D eigenvalue weighted by Crippen LogP contribution is -2.08. The highest BCUT2D eigenvalue weighted by atomic mass is 35.5. The summed E-state index contributed by atoms with van der Waals surface area (Å²) in [6.45, 7) is 1.38. The number of benzene rings is 2. The Balaban J connectivity index is 2.32. The van der Waals surface area contributed by atoms with E-state index in [9.17, 15) is 4.79 Å². The summed E-state index contributed by atoms with van der Waals surface area (Å²) in [5.41, 5.74) is 1.81. The molecule has 102 valence electrons. The first-order valence-corrected chi connectivity index (χ1v) is 6.69. The number of rotatable bonds is 4. The molecule has 0 saturated carbocycles. The van der Waals surface area contributed by atoms with Gasteiger partial charge in [0.05, 0.1) is 5.03 Å². The third kappa shape index (κ3) is 3.97. The van der Waals surface area contributed by atoms with Gasteiger partial charge in [-0.05, 0) is 17.2 Å². The first kappa shape index (κ1) is 14.4. The monoisotopic (exact) mass is 286 g/mol. The minimum atomic E-state index is -0.574. The number of hydrogen-bond acceptors (Lipinski definition) is 2. The fourth-order valence-corrected chi connectivity index (χ4v) is 2.16. The van der Waals surface area contributed by atoms with E-state index in [1.54, 1.807) is 0 Å². The molecular weight excluding hydrogens is 272 g/mol. The van der Waals surface area contributed by atoms with E-state index >= 15 is 0 Å². The average Bonchev–Trinajstić information content (AvgIpc) is 2.46. The van der Waals surface area contributed by atoms with Crippen LogP contribution in [0.4, 0.5) is 0 Å². The highest BCUT2D eigenvalue weighted by molar-refractivity contribution is 6.32. The summed E-state index contributed by atoms with van der Waals surface area (Å²) in [5, 5.41) is 0.470. The Hall–Kier alpha value is -2.06. The molecule has 0 N–H and O–H groups in total. The molecule has 2 aromatic carbocycles. The Labute approximate surface area is 123 Å². The minimum Gasteiger partial charge on any atom is -0.452 e. The van der Waals surface area contributed by atoms with Crippen LogP contribution >= 0.6 is 11.6 Å². The Morgan fingerprint density at radius 1 is 1.05 bits per heavy atom. The minimum absolute atomic E-state index is 0.363. The zero-order valence-corrected chi connectivity index (χ0v) is 11.9. The van der Waals surface area contributed by atoms with E-state index in [4.69, 9.17) is 16.3 Å². The molecule has 0 amide bonds. The lowest BCUT2D eigenvalue weighted by atomic mass is 10.1. The Morgan fingerprint density at radius 3 is 2.15 bits per heavy atom. The van der Waals surface area contributed by atoms with Gasteiger partial charge in [0.25, 0.3) is 0 Å². The van der Waals surface area contributed by atoms with Gasteiger partial charge in [-0.15, -0.1) is 0 Å². The number of carbonyl (C=O) groups is 1. The molecule has 2 rings (SSSR count). The highest BCUT2D eigenvalue weighted by Gasteiger charge is 2.18. The van der Waals surface area contributed by atoms with Gasteiger partial charge in [0, 0.05) is 6.92 Å². The maximum absolute atomic E-state index is 11.3. The maximum atomic E-state index is 11.3. The smallest absolute Gasteiger partial charge is 0.303 e. The Bertz CT molecular complexity index is 591. The summed E-state index contributed by atoms with van der Waals surface area (Å²) in [4.78, 5) is 11.3. The summed E-state index contributed by atoms with van der Waals surface area (Å²) < 4.78 is 5.33. The lowest BCUT2D eigenvalue weighted by Gasteiger charge is -2.17. The van der Waals surface area contributed by atoms with Crippen LogP contribution in [0.5, 0.6) is 0 Å². The maximum Gasteiger partial charge on any atom is 0.303 e. The molecule has 2 aromatic rings. The molecule has 2 nitrogen and oxygen atoms in total. The number of hydrogen-bond donors (Lipinski definition) is 0. The van der Waals surface area contributed by atoms with E-state index in [0.29, 0.717) is 5.03 Å². The van der Waals surface area contributed by atoms with Crippen molar-refractivity contribution in [2.75, 3.05) is 0 Å². The van der Waals surface area contributed by atoms with Gasteiger partial charge in [-0.1, -0.05) is 72.3 Å². The molecule has 0 saturated heterocycles. The molecule has 0 fully saturated rings. The van der Waals surface area contributed by atoms with Gasteiger partial charge >= 0.3 is 5.97 Å². The Morgan fingerprint density at radius 2 is 1.60 bits per heavy atom. The van der Waals surface area contributed by atoms with Gasteiger partial charge in [-0.2, -0.15) is 0 Å². The fourth-order valence-electron chi connectivity index (χ4n) is 1.86. The predicted molar refractivity (Wildman–Crippen MR) is 81.2 cm³/mol. The van der Waals surface area contributed by atoms with Crippen molar-refractivity contribution in [1.29, 1.82) is 0 Å². The SMILES string of the molecule is CC(=O)OC(/C(Cl)=C/c1ccccc1)c1ccccc1. The zero-order chi connectivity index (χ0) is 14.4. The topological polar surface area (TPSA) is 26.3 Å². The molecule has 0 radical (unpaired) electrons. The normalized spacial score (nSPS) is 12.8. The summed E-state index contributed by atoms with van der Waals surface area (Å²) in [5.74, 6) is -0.363. The van der Waals surface area contributed by atoms with Gasteiger partial charge in [0.15, 0.2) is 6.10 Å². The van der Waals surface area contributed by atoms with Crippen LogP contribution < -0.4 is 0 Å². The molecule has 0 aromatic heterocycles. The van der Waals surface area contributed by atoms with E-state index in [1.807, 2.05) is 66.7 Å². The van der Waals surface area contributed by atoms with Crippen molar-refractivity contribution in [3.05, 3.63) is 76.8 Å². The first-order chi connectivity index (χ1) is 9.66. The standard InChI is InChI=1S/C17H15ClO2/c1-13(19)20-17(15-10-6-3-7-11-15)16(18)12-14-8-4-2-5-9-14/h2-12,17H,1H3/b16-12-. The van der Waals surface area contributed by atoms with Crippen molar-refractivity contribution in [2.45, 2.75) is 13.0 Å². The lowest BCUT2D eigenvalue weighted by molar-refractivity contribution is -0.144. The molecule has 0 aliphatic heterocycles. The third-order valence-electron chi connectivity index (χ3n) is 2.74. The third-order valence-corrected chi connectivity index (χ3v) is 3.05. The van der Waals surface area contributed by atoms with Crippen LogP contribution in [0.1, 0.15) is 24.2 Å². The summed E-state index contributed by atoms with van der Waals surface area (Å²) >= 11 is 6.34. The molecule has 1 unspecified atom stereocenters. The van der Waals surface area contributed by atoms with Crippen LogP contribution in [0.15, 0.2) is 65.7 Å². The van der Waals surface area contributed by atoms with Crippen LogP contribution in [0.3, 0.4) is 0 Å². The van der Waals surface area contributed by atoms with Gasteiger partial charge < -0.3 is 4.74 Å². The summed E-state index contributed by atoms with van der Waals surface area (Å²) in [7, 11) is 0. The summed E-state index contributed by atoms with van der Waals surface area (Å²) in [6.07, 6.45) is 1.23. The van der Waals surface area contributed by atoms with Gasteiger partial charge in [-0.3, -0.25) is 4.79 Å². The number of ether oxygens (including phenoxy) is 1. The predicted octanol–water partition coefficient (Wildman–Crippen LogP) is 4.57. The van der Waals surface area contributed by atoms with Crippen LogP contribution in [0, 0.1) is 0 Å². The van der Waals surface area contributed by atoms with E-state index in [0.717, 1.165) is 11.1 Å². The molecule has 1 atom stereocenters. The molecule has 20 heavy (non-hydrogen) atoms. The molecular formula is C17H15ClO2. The van der Waals surface area contributed by atoms with Crippen molar-refractivity contribution in [3.63, 3.8) is 0 Å². The number of halogens is 1. The van der Waals surface area contributed by atoms with E-state index < -0.39 is 6.10 Å². The van der Waals surface area contributed by atoms with Crippen LogP contribution in [-0.4, -0.2) is 5.97 Å². The van der Waals surface area contributed by atoms with E-state index in [1.165, 1.54) is 6.92 Å². The van der Waals surface area contributed by atoms with Gasteiger partial charge in [0.1, 0.15) is 0 Å². The van der Waals surface area contributed by atoms with E-state index in [-0.39, 0.29) is 5.97 Å². The fraction of sp³-hybridized carbons (Fsp3) is 0.118. The first-order valence-electron chi connectivity index (χ1n) is 6.31. The second-order valence-electron chi connectivity index (χ2n) is 4.34.